The molecule has 0 saturated carbocycles. The van der Waals surface area contributed by atoms with E-state index in [0.717, 1.165) is 17.8 Å². The standard InChI is InChI=1S/C10H13Cl2N5/c1-3-6-8(11)14-10(15-9(6)12)13-7-4-5(2)16-17-7/h5,16H,3-4H2,1-2H3,(H,13,14,15,17)/t5-/m0/s1. The van der Waals surface area contributed by atoms with Crippen molar-refractivity contribution in [3.05, 3.63) is 15.9 Å². The van der Waals surface area contributed by atoms with Gasteiger partial charge in [-0.15, -0.1) is 0 Å². The summed E-state index contributed by atoms with van der Waals surface area (Å²) in [7, 11) is 0. The van der Waals surface area contributed by atoms with Crippen LogP contribution in [0, 0.1) is 0 Å². The fourth-order valence-corrected chi connectivity index (χ4v) is 2.20. The minimum Gasteiger partial charge on any atom is -0.309 e. The first-order valence-electron chi connectivity index (χ1n) is 5.41. The van der Waals surface area contributed by atoms with Crippen molar-refractivity contribution in [1.82, 2.24) is 20.8 Å². The number of nitrogens with one attached hydrogen (secondary N) is 2. The molecule has 1 aliphatic heterocycles. The molecule has 0 bridgehead atoms. The van der Waals surface area contributed by atoms with Gasteiger partial charge in [0, 0.05) is 18.0 Å². The molecule has 1 aromatic heterocycles. The summed E-state index contributed by atoms with van der Waals surface area (Å²) in [6.07, 6.45) is 1.50. The maximum absolute atomic E-state index is 6.01. The molecule has 2 rings (SSSR count). The maximum Gasteiger partial charge on any atom is 0.253 e. The number of hydrazine groups is 1. The van der Waals surface area contributed by atoms with E-state index in [9.17, 15) is 0 Å². The smallest absolute Gasteiger partial charge is 0.253 e. The number of amidine groups is 1. The second-order valence-electron chi connectivity index (χ2n) is 3.87. The Kier molecular flexibility index (Phi) is 3.81. The van der Waals surface area contributed by atoms with Crippen LogP contribution < -0.4 is 10.9 Å². The fraction of sp³-hybridized carbons (Fsp3) is 0.500. The van der Waals surface area contributed by atoms with Crippen LogP contribution in [0.4, 0.5) is 5.95 Å². The fourth-order valence-electron chi connectivity index (χ4n) is 1.56. The van der Waals surface area contributed by atoms with E-state index in [2.05, 4.69) is 32.7 Å². The Hall–Kier alpha value is -0.910. The van der Waals surface area contributed by atoms with E-state index in [1.165, 1.54) is 0 Å². The second-order valence-corrected chi connectivity index (χ2v) is 4.59. The van der Waals surface area contributed by atoms with Gasteiger partial charge < -0.3 is 5.43 Å². The van der Waals surface area contributed by atoms with Gasteiger partial charge in [-0.3, -0.25) is 0 Å². The highest BCUT2D eigenvalue weighted by atomic mass is 35.5. The normalized spacial score (nSPS) is 21.9. The summed E-state index contributed by atoms with van der Waals surface area (Å²) in [6, 6.07) is 0.342. The van der Waals surface area contributed by atoms with Crippen LogP contribution in [0.5, 0.6) is 0 Å². The molecule has 2 N–H and O–H groups in total. The minimum absolute atomic E-state index is 0.288. The molecular weight excluding hydrogens is 261 g/mol. The summed E-state index contributed by atoms with van der Waals surface area (Å²) >= 11 is 12.0. The molecule has 92 valence electrons. The topological polar surface area (TPSA) is 62.2 Å². The van der Waals surface area contributed by atoms with Gasteiger partial charge in [0.05, 0.1) is 0 Å². The Morgan fingerprint density at radius 1 is 1.35 bits per heavy atom. The van der Waals surface area contributed by atoms with E-state index < -0.39 is 0 Å². The monoisotopic (exact) mass is 273 g/mol. The van der Waals surface area contributed by atoms with Crippen molar-refractivity contribution in [2.24, 2.45) is 4.99 Å². The highest BCUT2D eigenvalue weighted by Crippen LogP contribution is 2.24. The molecule has 1 saturated heterocycles. The van der Waals surface area contributed by atoms with Crippen LogP contribution in [0.3, 0.4) is 0 Å². The zero-order valence-electron chi connectivity index (χ0n) is 9.59. The molecular formula is C10H13Cl2N5. The summed E-state index contributed by atoms with van der Waals surface area (Å²) in [4.78, 5) is 12.5. The van der Waals surface area contributed by atoms with Gasteiger partial charge in [0.15, 0.2) is 0 Å². The average Bonchev–Trinajstić information content (AvgIpc) is 2.63. The van der Waals surface area contributed by atoms with E-state index in [1.54, 1.807) is 0 Å². The SMILES string of the molecule is CCc1c(Cl)nc(N=C2C[C@H](C)NN2)nc1Cl. The van der Waals surface area contributed by atoms with E-state index in [1.807, 2.05) is 6.92 Å². The van der Waals surface area contributed by atoms with Crippen molar-refractivity contribution >= 4 is 35.0 Å². The first kappa shape index (κ1) is 12.5. The summed E-state index contributed by atoms with van der Waals surface area (Å²) in [5.74, 6) is 1.07. The molecule has 0 amide bonds. The van der Waals surface area contributed by atoms with Gasteiger partial charge >= 0.3 is 0 Å². The highest BCUT2D eigenvalue weighted by molar-refractivity contribution is 6.34. The lowest BCUT2D eigenvalue weighted by molar-refractivity contribution is 0.602. The third kappa shape index (κ3) is 2.86. The maximum atomic E-state index is 6.01. The van der Waals surface area contributed by atoms with Gasteiger partial charge in [0.2, 0.25) is 0 Å². The Balaban J connectivity index is 2.28. The molecule has 7 heteroatoms. The number of aliphatic imine (C=N–C) groups is 1. The third-order valence-electron chi connectivity index (χ3n) is 2.45. The predicted molar refractivity (Wildman–Crippen MR) is 68.9 cm³/mol. The summed E-state index contributed by atoms with van der Waals surface area (Å²) in [5, 5.41) is 0.733. The molecule has 0 unspecified atom stereocenters. The Bertz CT molecular complexity index is 437. The average molecular weight is 274 g/mol. The Labute approximate surface area is 110 Å². The molecule has 0 radical (unpaired) electrons. The van der Waals surface area contributed by atoms with Crippen molar-refractivity contribution in [3.63, 3.8) is 0 Å². The van der Waals surface area contributed by atoms with Crippen LogP contribution in [0.1, 0.15) is 25.8 Å². The summed E-state index contributed by atoms with van der Waals surface area (Å²) < 4.78 is 0. The zero-order chi connectivity index (χ0) is 12.4. The van der Waals surface area contributed by atoms with E-state index >= 15 is 0 Å². The predicted octanol–water partition coefficient (Wildman–Crippen LogP) is 2.26. The van der Waals surface area contributed by atoms with Crippen LogP contribution in [0.25, 0.3) is 0 Å². The summed E-state index contributed by atoms with van der Waals surface area (Å²) in [5.41, 5.74) is 6.75. The second kappa shape index (κ2) is 5.16. The summed E-state index contributed by atoms with van der Waals surface area (Å²) in [6.45, 7) is 4.00. The van der Waals surface area contributed by atoms with E-state index in [0.29, 0.717) is 22.8 Å². The number of halogens is 2. The van der Waals surface area contributed by atoms with Gasteiger partial charge in [-0.25, -0.2) is 5.43 Å². The number of hydrogen-bond acceptors (Lipinski definition) is 4. The van der Waals surface area contributed by atoms with Crippen molar-refractivity contribution in [2.75, 3.05) is 0 Å². The Morgan fingerprint density at radius 2 is 2.00 bits per heavy atom. The van der Waals surface area contributed by atoms with E-state index in [4.69, 9.17) is 23.2 Å². The highest BCUT2D eigenvalue weighted by Gasteiger charge is 2.16. The largest absolute Gasteiger partial charge is 0.309 e. The van der Waals surface area contributed by atoms with Crippen molar-refractivity contribution in [3.8, 4) is 0 Å². The molecule has 0 aromatic carbocycles. The lowest BCUT2D eigenvalue weighted by Crippen LogP contribution is -2.29. The van der Waals surface area contributed by atoms with Crippen LogP contribution in [0.2, 0.25) is 10.3 Å². The first-order valence-corrected chi connectivity index (χ1v) is 6.16. The quantitative estimate of drug-likeness (QED) is 0.812. The number of aromatic nitrogens is 2. The molecule has 0 aliphatic carbocycles. The molecule has 1 aromatic rings. The number of rotatable bonds is 2. The van der Waals surface area contributed by atoms with E-state index in [-0.39, 0.29) is 5.95 Å². The lowest BCUT2D eigenvalue weighted by Gasteiger charge is -2.03. The van der Waals surface area contributed by atoms with Crippen molar-refractivity contribution < 1.29 is 0 Å². The molecule has 1 fully saturated rings. The minimum atomic E-state index is 0.288. The van der Waals surface area contributed by atoms with Crippen molar-refractivity contribution in [2.45, 2.75) is 32.7 Å². The third-order valence-corrected chi connectivity index (χ3v) is 3.07. The van der Waals surface area contributed by atoms with Crippen LogP contribution in [-0.2, 0) is 6.42 Å². The van der Waals surface area contributed by atoms with Crippen LogP contribution in [0.15, 0.2) is 4.99 Å². The van der Waals surface area contributed by atoms with Crippen LogP contribution >= 0.6 is 23.2 Å². The van der Waals surface area contributed by atoms with Gasteiger partial charge in [-0.2, -0.15) is 15.0 Å². The van der Waals surface area contributed by atoms with Gasteiger partial charge in [0.1, 0.15) is 16.1 Å². The zero-order valence-corrected chi connectivity index (χ0v) is 11.1. The van der Waals surface area contributed by atoms with Gasteiger partial charge in [-0.05, 0) is 13.3 Å². The van der Waals surface area contributed by atoms with Gasteiger partial charge in [-0.1, -0.05) is 30.1 Å². The lowest BCUT2D eigenvalue weighted by atomic mass is 10.2. The number of nitrogens with zero attached hydrogens (tertiary/aromatic N) is 3. The molecule has 17 heavy (non-hydrogen) atoms. The molecule has 1 atom stereocenters. The van der Waals surface area contributed by atoms with Crippen molar-refractivity contribution in [1.29, 1.82) is 0 Å². The van der Waals surface area contributed by atoms with Gasteiger partial charge in [0.25, 0.3) is 5.95 Å². The first-order chi connectivity index (χ1) is 8.10. The molecule has 0 spiro atoms. The molecule has 2 heterocycles. The Morgan fingerprint density at radius 3 is 2.47 bits per heavy atom. The number of hydrogen-bond donors (Lipinski definition) is 2. The molecule has 5 nitrogen and oxygen atoms in total. The molecule has 1 aliphatic rings. The van der Waals surface area contributed by atoms with Crippen LogP contribution in [-0.4, -0.2) is 21.8 Å².